The molecule has 0 spiro atoms. The molecular weight excluding hydrogens is 397 g/mol. The SMILES string of the molecule is CC(C1CCN(C(=O)OC(C)(C)C)CC1)S(=O)(=O)c1cccc(C(F)(F)F)n1. The minimum absolute atomic E-state index is 0.292. The van der Waals surface area contributed by atoms with Crippen molar-refractivity contribution in [2.45, 2.75) is 62.6 Å². The van der Waals surface area contributed by atoms with Gasteiger partial charge < -0.3 is 9.64 Å². The summed E-state index contributed by atoms with van der Waals surface area (Å²) in [5.74, 6) is -0.292. The number of carbonyl (C=O) groups is 1. The van der Waals surface area contributed by atoms with Gasteiger partial charge in [-0.05, 0) is 58.6 Å². The third kappa shape index (κ3) is 5.36. The lowest BCUT2D eigenvalue weighted by Crippen LogP contribution is -2.44. The van der Waals surface area contributed by atoms with Gasteiger partial charge in [0, 0.05) is 13.1 Å². The summed E-state index contributed by atoms with van der Waals surface area (Å²) in [6.07, 6.45) is -4.34. The molecule has 1 atom stereocenters. The van der Waals surface area contributed by atoms with E-state index in [-0.39, 0.29) is 5.92 Å². The van der Waals surface area contributed by atoms with Gasteiger partial charge in [-0.2, -0.15) is 13.2 Å². The van der Waals surface area contributed by atoms with Gasteiger partial charge in [-0.3, -0.25) is 0 Å². The van der Waals surface area contributed by atoms with E-state index in [1.807, 2.05) is 0 Å². The Balaban J connectivity index is 2.08. The normalized spacial score (nSPS) is 18.0. The molecule has 0 aromatic carbocycles. The van der Waals surface area contributed by atoms with Gasteiger partial charge in [-0.25, -0.2) is 18.2 Å². The highest BCUT2D eigenvalue weighted by molar-refractivity contribution is 7.92. The van der Waals surface area contributed by atoms with Crippen LogP contribution in [-0.4, -0.2) is 48.3 Å². The fourth-order valence-electron chi connectivity index (χ4n) is 3.05. The highest BCUT2D eigenvalue weighted by Gasteiger charge is 2.38. The third-order valence-electron chi connectivity index (χ3n) is 4.65. The van der Waals surface area contributed by atoms with E-state index < -0.39 is 43.7 Å². The highest BCUT2D eigenvalue weighted by atomic mass is 32.2. The van der Waals surface area contributed by atoms with Crippen molar-refractivity contribution in [1.29, 1.82) is 0 Å². The van der Waals surface area contributed by atoms with Crippen molar-refractivity contribution in [3.05, 3.63) is 23.9 Å². The van der Waals surface area contributed by atoms with E-state index in [1.165, 1.54) is 11.8 Å². The number of alkyl halides is 3. The van der Waals surface area contributed by atoms with Crippen molar-refractivity contribution < 1.29 is 31.1 Å². The Morgan fingerprint density at radius 2 is 1.79 bits per heavy atom. The lowest BCUT2D eigenvalue weighted by molar-refractivity contribution is -0.141. The molecule has 1 aliphatic rings. The summed E-state index contributed by atoms with van der Waals surface area (Å²) in [7, 11) is -4.03. The zero-order valence-electron chi connectivity index (χ0n) is 16.3. The van der Waals surface area contributed by atoms with Crippen LogP contribution < -0.4 is 0 Å². The fourth-order valence-corrected chi connectivity index (χ4v) is 4.71. The molecule has 28 heavy (non-hydrogen) atoms. The van der Waals surface area contributed by atoms with E-state index in [2.05, 4.69) is 4.98 Å². The van der Waals surface area contributed by atoms with Crippen molar-refractivity contribution in [3.8, 4) is 0 Å². The number of piperidine rings is 1. The van der Waals surface area contributed by atoms with Gasteiger partial charge in [0.05, 0.1) is 5.25 Å². The summed E-state index contributed by atoms with van der Waals surface area (Å²) in [6, 6.07) is 2.86. The summed E-state index contributed by atoms with van der Waals surface area (Å²) < 4.78 is 69.4. The number of hydrogen-bond acceptors (Lipinski definition) is 5. The van der Waals surface area contributed by atoms with Crippen molar-refractivity contribution in [1.82, 2.24) is 9.88 Å². The zero-order valence-corrected chi connectivity index (χ0v) is 17.1. The van der Waals surface area contributed by atoms with Gasteiger partial charge in [0.1, 0.15) is 11.3 Å². The minimum Gasteiger partial charge on any atom is -0.444 e. The van der Waals surface area contributed by atoms with Gasteiger partial charge in [0.2, 0.25) is 0 Å². The number of amides is 1. The van der Waals surface area contributed by atoms with Gasteiger partial charge in [0.15, 0.2) is 14.9 Å². The van der Waals surface area contributed by atoms with E-state index in [9.17, 15) is 26.4 Å². The van der Waals surface area contributed by atoms with Gasteiger partial charge in [0.25, 0.3) is 0 Å². The molecule has 1 fully saturated rings. The third-order valence-corrected chi connectivity index (χ3v) is 6.82. The van der Waals surface area contributed by atoms with Crippen LogP contribution in [0, 0.1) is 5.92 Å². The molecule has 1 saturated heterocycles. The molecule has 0 N–H and O–H groups in total. The van der Waals surface area contributed by atoms with E-state index in [4.69, 9.17) is 4.74 Å². The number of ether oxygens (including phenoxy) is 1. The lowest BCUT2D eigenvalue weighted by Gasteiger charge is -2.35. The van der Waals surface area contributed by atoms with Crippen LogP contribution in [0.5, 0.6) is 0 Å². The fraction of sp³-hybridized carbons (Fsp3) is 0.667. The maximum absolute atomic E-state index is 12.8. The van der Waals surface area contributed by atoms with Crippen molar-refractivity contribution in [3.63, 3.8) is 0 Å². The second-order valence-electron chi connectivity index (χ2n) is 7.91. The first kappa shape index (κ1) is 22.4. The van der Waals surface area contributed by atoms with Crippen molar-refractivity contribution in [2.24, 2.45) is 5.92 Å². The predicted molar refractivity (Wildman–Crippen MR) is 96.4 cm³/mol. The van der Waals surface area contributed by atoms with E-state index in [0.29, 0.717) is 25.9 Å². The van der Waals surface area contributed by atoms with Gasteiger partial charge in [-0.15, -0.1) is 0 Å². The first-order valence-electron chi connectivity index (χ1n) is 8.98. The van der Waals surface area contributed by atoms with Crippen LogP contribution >= 0.6 is 0 Å². The first-order valence-corrected chi connectivity index (χ1v) is 10.5. The van der Waals surface area contributed by atoms with Crippen LogP contribution in [0.25, 0.3) is 0 Å². The average Bonchev–Trinajstić information content (AvgIpc) is 2.59. The molecule has 0 saturated carbocycles. The highest BCUT2D eigenvalue weighted by Crippen LogP contribution is 2.31. The molecule has 1 aliphatic heterocycles. The smallest absolute Gasteiger partial charge is 0.433 e. The molecule has 1 amide bonds. The van der Waals surface area contributed by atoms with Gasteiger partial charge in [-0.1, -0.05) is 6.07 Å². The van der Waals surface area contributed by atoms with Crippen LogP contribution in [0.3, 0.4) is 0 Å². The molecular formula is C18H25F3N2O4S. The zero-order chi connectivity index (χ0) is 21.3. The Labute approximate surface area is 163 Å². The topological polar surface area (TPSA) is 76.6 Å². The number of rotatable bonds is 3. The van der Waals surface area contributed by atoms with E-state index in [0.717, 1.165) is 18.2 Å². The molecule has 0 bridgehead atoms. The lowest BCUT2D eigenvalue weighted by atomic mass is 9.94. The molecule has 2 rings (SSSR count). The maximum atomic E-state index is 12.8. The van der Waals surface area contributed by atoms with Crippen LogP contribution in [0.4, 0.5) is 18.0 Å². The van der Waals surface area contributed by atoms with Crippen molar-refractivity contribution in [2.75, 3.05) is 13.1 Å². The number of carbonyl (C=O) groups excluding carboxylic acids is 1. The first-order chi connectivity index (χ1) is 12.7. The molecule has 1 aromatic heterocycles. The number of pyridine rings is 1. The Hall–Kier alpha value is -1.84. The van der Waals surface area contributed by atoms with Crippen LogP contribution in [-0.2, 0) is 20.8 Å². The van der Waals surface area contributed by atoms with Gasteiger partial charge >= 0.3 is 12.3 Å². The maximum Gasteiger partial charge on any atom is 0.433 e. The number of hydrogen-bond donors (Lipinski definition) is 0. The van der Waals surface area contributed by atoms with Crippen LogP contribution in [0.15, 0.2) is 23.2 Å². The molecule has 0 aliphatic carbocycles. The molecule has 158 valence electrons. The Bertz CT molecular complexity index is 811. The second-order valence-corrected chi connectivity index (χ2v) is 10.2. The molecule has 1 aromatic rings. The van der Waals surface area contributed by atoms with Crippen LogP contribution in [0.2, 0.25) is 0 Å². The number of likely N-dealkylation sites (tertiary alicyclic amines) is 1. The summed E-state index contributed by atoms with van der Waals surface area (Å²) in [4.78, 5) is 16.9. The van der Waals surface area contributed by atoms with E-state index in [1.54, 1.807) is 20.8 Å². The number of halogens is 3. The number of sulfone groups is 1. The molecule has 0 radical (unpaired) electrons. The Morgan fingerprint density at radius 1 is 1.21 bits per heavy atom. The number of aromatic nitrogens is 1. The van der Waals surface area contributed by atoms with Crippen molar-refractivity contribution >= 4 is 15.9 Å². The monoisotopic (exact) mass is 422 g/mol. The average molecular weight is 422 g/mol. The summed E-state index contributed by atoms with van der Waals surface area (Å²) in [5.41, 5.74) is -1.86. The summed E-state index contributed by atoms with van der Waals surface area (Å²) >= 11 is 0. The molecule has 1 unspecified atom stereocenters. The summed E-state index contributed by atoms with van der Waals surface area (Å²) in [5, 5.41) is -1.49. The number of nitrogens with zero attached hydrogens (tertiary/aromatic N) is 2. The predicted octanol–water partition coefficient (Wildman–Crippen LogP) is 3.91. The Kier molecular flexibility index (Phi) is 6.32. The Morgan fingerprint density at radius 3 is 2.29 bits per heavy atom. The summed E-state index contributed by atoms with van der Waals surface area (Å²) in [6.45, 7) is 7.41. The molecule has 10 heteroatoms. The quantitative estimate of drug-likeness (QED) is 0.738. The molecule has 2 heterocycles. The van der Waals surface area contributed by atoms with E-state index >= 15 is 0 Å². The standard InChI is InChI=1S/C18H25F3N2O4S/c1-12(13-8-10-23(11-9-13)16(24)27-17(2,3)4)28(25,26)15-7-5-6-14(22-15)18(19,20)21/h5-7,12-13H,8-11H2,1-4H3. The largest absolute Gasteiger partial charge is 0.444 e. The second kappa shape index (κ2) is 7.88. The molecule has 6 nitrogen and oxygen atoms in total. The minimum atomic E-state index is -4.71. The van der Waals surface area contributed by atoms with Crippen LogP contribution in [0.1, 0.15) is 46.2 Å².